The molecule has 112 valence electrons. The number of amides is 1. The SMILES string of the molecule is CNCC(C)C(=O)NCCS(=O)(=O)c1ccc(Cl)cc1. The second kappa shape index (κ2) is 7.61. The highest BCUT2D eigenvalue weighted by Crippen LogP contribution is 2.15. The van der Waals surface area contributed by atoms with E-state index >= 15 is 0 Å². The zero-order valence-corrected chi connectivity index (χ0v) is 13.1. The van der Waals surface area contributed by atoms with Gasteiger partial charge in [0.05, 0.1) is 10.6 Å². The van der Waals surface area contributed by atoms with Gasteiger partial charge in [0.15, 0.2) is 9.84 Å². The van der Waals surface area contributed by atoms with Gasteiger partial charge < -0.3 is 10.6 Å². The molecule has 20 heavy (non-hydrogen) atoms. The first-order chi connectivity index (χ1) is 9.36. The van der Waals surface area contributed by atoms with Crippen LogP contribution in [0.5, 0.6) is 0 Å². The number of carbonyl (C=O) groups is 1. The molecule has 1 rings (SSSR count). The van der Waals surface area contributed by atoms with Gasteiger partial charge in [-0.2, -0.15) is 0 Å². The number of nitrogens with one attached hydrogen (secondary N) is 2. The van der Waals surface area contributed by atoms with Gasteiger partial charge in [0.2, 0.25) is 5.91 Å². The average molecular weight is 319 g/mol. The summed E-state index contributed by atoms with van der Waals surface area (Å²) in [4.78, 5) is 11.8. The zero-order chi connectivity index (χ0) is 15.2. The van der Waals surface area contributed by atoms with Crippen LogP contribution in [0.4, 0.5) is 0 Å². The zero-order valence-electron chi connectivity index (χ0n) is 11.5. The summed E-state index contributed by atoms with van der Waals surface area (Å²) in [5.41, 5.74) is 0. The van der Waals surface area contributed by atoms with Crippen LogP contribution in [0.15, 0.2) is 29.2 Å². The van der Waals surface area contributed by atoms with Crippen molar-refractivity contribution >= 4 is 27.3 Å². The Bertz CT molecular complexity index is 543. The van der Waals surface area contributed by atoms with Crippen LogP contribution in [0.1, 0.15) is 6.92 Å². The van der Waals surface area contributed by atoms with Gasteiger partial charge in [0, 0.05) is 24.0 Å². The second-order valence-electron chi connectivity index (χ2n) is 4.52. The van der Waals surface area contributed by atoms with E-state index in [9.17, 15) is 13.2 Å². The first-order valence-corrected chi connectivity index (χ1v) is 8.30. The van der Waals surface area contributed by atoms with Crippen molar-refractivity contribution < 1.29 is 13.2 Å². The molecule has 2 N–H and O–H groups in total. The third kappa shape index (κ3) is 5.11. The third-order valence-electron chi connectivity index (χ3n) is 2.80. The van der Waals surface area contributed by atoms with Gasteiger partial charge >= 0.3 is 0 Å². The molecule has 0 aromatic heterocycles. The Morgan fingerprint density at radius 2 is 1.90 bits per heavy atom. The standard InChI is InChI=1S/C13H19ClN2O3S/c1-10(9-15-2)13(17)16-7-8-20(18,19)12-5-3-11(14)4-6-12/h3-6,10,15H,7-9H2,1-2H3,(H,16,17). The summed E-state index contributed by atoms with van der Waals surface area (Å²) in [6.45, 7) is 2.42. The quantitative estimate of drug-likeness (QED) is 0.789. The van der Waals surface area contributed by atoms with E-state index in [2.05, 4.69) is 10.6 Å². The van der Waals surface area contributed by atoms with E-state index in [1.165, 1.54) is 24.3 Å². The number of carbonyl (C=O) groups excluding carboxylic acids is 1. The molecule has 0 radical (unpaired) electrons. The maximum absolute atomic E-state index is 12.0. The minimum Gasteiger partial charge on any atom is -0.355 e. The number of benzene rings is 1. The minimum atomic E-state index is -3.40. The van der Waals surface area contributed by atoms with Crippen LogP contribution in [0, 0.1) is 5.92 Å². The summed E-state index contributed by atoms with van der Waals surface area (Å²) in [5, 5.41) is 6.00. The summed E-state index contributed by atoms with van der Waals surface area (Å²) in [5.74, 6) is -0.490. The molecule has 1 aromatic rings. The lowest BCUT2D eigenvalue weighted by molar-refractivity contribution is -0.124. The maximum atomic E-state index is 12.0. The molecule has 1 aromatic carbocycles. The van der Waals surface area contributed by atoms with Crippen LogP contribution >= 0.6 is 11.6 Å². The molecule has 0 aliphatic carbocycles. The largest absolute Gasteiger partial charge is 0.355 e. The van der Waals surface area contributed by atoms with Crippen molar-refractivity contribution in [2.24, 2.45) is 5.92 Å². The van der Waals surface area contributed by atoms with Gasteiger partial charge in [-0.05, 0) is 31.3 Å². The predicted octanol–water partition coefficient (Wildman–Crippen LogP) is 1.09. The lowest BCUT2D eigenvalue weighted by atomic mass is 10.1. The molecule has 1 amide bonds. The first-order valence-electron chi connectivity index (χ1n) is 6.27. The Hall–Kier alpha value is -1.11. The predicted molar refractivity (Wildman–Crippen MR) is 79.6 cm³/mol. The van der Waals surface area contributed by atoms with Crippen molar-refractivity contribution in [3.63, 3.8) is 0 Å². The lowest BCUT2D eigenvalue weighted by Gasteiger charge is -2.11. The van der Waals surface area contributed by atoms with Gasteiger partial charge in [-0.15, -0.1) is 0 Å². The molecule has 0 aliphatic rings. The Morgan fingerprint density at radius 3 is 2.45 bits per heavy atom. The van der Waals surface area contributed by atoms with Crippen LogP contribution in [0.2, 0.25) is 5.02 Å². The topological polar surface area (TPSA) is 75.3 Å². The molecular weight excluding hydrogens is 300 g/mol. The van der Waals surface area contributed by atoms with E-state index in [0.717, 1.165) is 0 Å². The third-order valence-corrected chi connectivity index (χ3v) is 4.78. The molecule has 7 heteroatoms. The van der Waals surface area contributed by atoms with Gasteiger partial charge in [-0.3, -0.25) is 4.79 Å². The summed E-state index contributed by atoms with van der Waals surface area (Å²) in [6.07, 6.45) is 0. The molecule has 1 unspecified atom stereocenters. The fourth-order valence-electron chi connectivity index (χ4n) is 1.64. The highest BCUT2D eigenvalue weighted by atomic mass is 35.5. The normalized spacial score (nSPS) is 12.9. The summed E-state index contributed by atoms with van der Waals surface area (Å²) < 4.78 is 24.0. The molecule has 1 atom stereocenters. The lowest BCUT2D eigenvalue weighted by Crippen LogP contribution is -2.36. The fourth-order valence-corrected chi connectivity index (χ4v) is 2.92. The highest BCUT2D eigenvalue weighted by Gasteiger charge is 2.16. The van der Waals surface area contributed by atoms with Crippen molar-refractivity contribution in [3.8, 4) is 0 Å². The van der Waals surface area contributed by atoms with E-state index in [4.69, 9.17) is 11.6 Å². The number of hydrogen-bond acceptors (Lipinski definition) is 4. The number of halogens is 1. The van der Waals surface area contributed by atoms with Crippen LogP contribution in [0.25, 0.3) is 0 Å². The van der Waals surface area contributed by atoms with Crippen LogP contribution in [-0.4, -0.2) is 40.2 Å². The molecule has 0 spiro atoms. The van der Waals surface area contributed by atoms with E-state index in [-0.39, 0.29) is 29.0 Å². The molecule has 5 nitrogen and oxygen atoms in total. The Labute approximate surface area is 124 Å². The van der Waals surface area contributed by atoms with E-state index < -0.39 is 9.84 Å². The smallest absolute Gasteiger partial charge is 0.224 e. The molecular formula is C13H19ClN2O3S. The van der Waals surface area contributed by atoms with E-state index in [1.54, 1.807) is 14.0 Å². The number of rotatable bonds is 7. The van der Waals surface area contributed by atoms with E-state index in [1.807, 2.05) is 0 Å². The molecule has 0 saturated heterocycles. The first kappa shape index (κ1) is 16.9. The van der Waals surface area contributed by atoms with Gasteiger partial charge in [0.1, 0.15) is 0 Å². The van der Waals surface area contributed by atoms with Crippen LogP contribution in [-0.2, 0) is 14.6 Å². The summed E-state index contributed by atoms with van der Waals surface area (Å²) >= 11 is 5.71. The van der Waals surface area contributed by atoms with Crippen molar-refractivity contribution in [3.05, 3.63) is 29.3 Å². The van der Waals surface area contributed by atoms with Crippen molar-refractivity contribution in [2.45, 2.75) is 11.8 Å². The summed E-state index contributed by atoms with van der Waals surface area (Å²) in [7, 11) is -1.64. The van der Waals surface area contributed by atoms with Crippen molar-refractivity contribution in [1.29, 1.82) is 0 Å². The average Bonchev–Trinajstić information content (AvgIpc) is 2.39. The highest BCUT2D eigenvalue weighted by molar-refractivity contribution is 7.91. The fraction of sp³-hybridized carbons (Fsp3) is 0.462. The van der Waals surface area contributed by atoms with Gasteiger partial charge in [0.25, 0.3) is 0 Å². The van der Waals surface area contributed by atoms with E-state index in [0.29, 0.717) is 11.6 Å². The van der Waals surface area contributed by atoms with Crippen molar-refractivity contribution in [2.75, 3.05) is 25.9 Å². The summed E-state index contributed by atoms with van der Waals surface area (Å²) in [6, 6.07) is 5.98. The number of hydrogen-bond donors (Lipinski definition) is 2. The molecule has 0 aliphatic heterocycles. The minimum absolute atomic E-state index is 0.0951. The van der Waals surface area contributed by atoms with Gasteiger partial charge in [-0.25, -0.2) is 8.42 Å². The van der Waals surface area contributed by atoms with Gasteiger partial charge in [-0.1, -0.05) is 18.5 Å². The maximum Gasteiger partial charge on any atom is 0.224 e. The van der Waals surface area contributed by atoms with Crippen LogP contribution in [0.3, 0.4) is 0 Å². The Kier molecular flexibility index (Phi) is 6.45. The Balaban J connectivity index is 2.52. The molecule has 0 heterocycles. The molecule has 0 bridgehead atoms. The Morgan fingerprint density at radius 1 is 1.30 bits per heavy atom. The van der Waals surface area contributed by atoms with Crippen LogP contribution < -0.4 is 10.6 Å². The number of sulfone groups is 1. The molecule has 0 fully saturated rings. The second-order valence-corrected chi connectivity index (χ2v) is 7.07. The van der Waals surface area contributed by atoms with Crippen molar-refractivity contribution in [1.82, 2.24) is 10.6 Å². The monoisotopic (exact) mass is 318 g/mol. The molecule has 0 saturated carbocycles.